The van der Waals surface area contributed by atoms with Gasteiger partial charge in [-0.15, -0.1) is 0 Å². The smallest absolute Gasteiger partial charge is 0.134 e. The molecule has 2 rings (SSSR count). The van der Waals surface area contributed by atoms with Crippen LogP contribution < -0.4 is 5.32 Å². The molecule has 0 saturated heterocycles. The Hall–Kier alpha value is -0.770. The number of nitrogens with one attached hydrogen (secondary N) is 1. The monoisotopic (exact) mass is 255 g/mol. The first-order valence-electron chi connectivity index (χ1n) is 5.88. The van der Waals surface area contributed by atoms with E-state index in [9.17, 15) is 5.11 Å². The van der Waals surface area contributed by atoms with Crippen LogP contribution in [0.1, 0.15) is 24.8 Å². The number of halogens is 1. The summed E-state index contributed by atoms with van der Waals surface area (Å²) in [7, 11) is 1.78. The number of hydrogen-bond acceptors (Lipinski definition) is 3. The molecule has 2 N–H and O–H groups in total. The Morgan fingerprint density at radius 2 is 2.24 bits per heavy atom. The molecular formula is C13H18ClNO2. The number of aromatic hydroxyl groups is 1. The summed E-state index contributed by atoms with van der Waals surface area (Å²) in [5.74, 6) is 0.128. The van der Waals surface area contributed by atoms with Gasteiger partial charge in [0.1, 0.15) is 5.75 Å². The predicted molar refractivity (Wildman–Crippen MR) is 68.4 cm³/mol. The molecule has 0 radical (unpaired) electrons. The van der Waals surface area contributed by atoms with E-state index in [4.69, 9.17) is 16.3 Å². The van der Waals surface area contributed by atoms with Crippen LogP contribution >= 0.6 is 11.6 Å². The van der Waals surface area contributed by atoms with Crippen molar-refractivity contribution in [3.05, 3.63) is 28.8 Å². The highest BCUT2D eigenvalue weighted by atomic mass is 35.5. The SMILES string of the molecule is COC1(CNCc2ccc(O)c(Cl)c2)CCC1. The molecule has 1 aromatic carbocycles. The third-order valence-electron chi connectivity index (χ3n) is 3.49. The maximum Gasteiger partial charge on any atom is 0.134 e. The van der Waals surface area contributed by atoms with Gasteiger partial charge in [0.05, 0.1) is 10.6 Å². The lowest BCUT2D eigenvalue weighted by atomic mass is 9.80. The van der Waals surface area contributed by atoms with Gasteiger partial charge in [-0.1, -0.05) is 17.7 Å². The van der Waals surface area contributed by atoms with E-state index in [0.717, 1.165) is 31.5 Å². The zero-order valence-electron chi connectivity index (χ0n) is 10.0. The Bertz CT molecular complexity index is 385. The second-order valence-corrected chi connectivity index (χ2v) is 5.04. The molecule has 3 nitrogen and oxygen atoms in total. The van der Waals surface area contributed by atoms with Gasteiger partial charge < -0.3 is 15.2 Å². The van der Waals surface area contributed by atoms with Crippen molar-refractivity contribution < 1.29 is 9.84 Å². The van der Waals surface area contributed by atoms with Gasteiger partial charge >= 0.3 is 0 Å². The fourth-order valence-electron chi connectivity index (χ4n) is 2.12. The normalized spacial score (nSPS) is 17.8. The van der Waals surface area contributed by atoms with Crippen LogP contribution in [-0.4, -0.2) is 24.4 Å². The van der Waals surface area contributed by atoms with E-state index in [-0.39, 0.29) is 11.4 Å². The minimum Gasteiger partial charge on any atom is -0.506 e. The van der Waals surface area contributed by atoms with Crippen LogP contribution in [0.4, 0.5) is 0 Å². The number of ether oxygens (including phenoxy) is 1. The number of phenols is 1. The highest BCUT2D eigenvalue weighted by Crippen LogP contribution is 2.34. The maximum absolute atomic E-state index is 9.31. The predicted octanol–water partition coefficient (Wildman–Crippen LogP) is 2.70. The molecule has 0 heterocycles. The lowest BCUT2D eigenvalue weighted by molar-refractivity contribution is -0.0695. The largest absolute Gasteiger partial charge is 0.506 e. The molecule has 1 saturated carbocycles. The van der Waals surface area contributed by atoms with Gasteiger partial charge in [0.2, 0.25) is 0 Å². The average Bonchev–Trinajstić information content (AvgIpc) is 2.27. The molecule has 1 aromatic rings. The first kappa shape index (κ1) is 12.7. The van der Waals surface area contributed by atoms with Crippen molar-refractivity contribution in [2.45, 2.75) is 31.4 Å². The van der Waals surface area contributed by atoms with E-state index in [2.05, 4.69) is 5.32 Å². The molecule has 0 atom stereocenters. The van der Waals surface area contributed by atoms with Gasteiger partial charge in [-0.25, -0.2) is 0 Å². The number of methoxy groups -OCH3 is 1. The molecule has 1 aliphatic rings. The second-order valence-electron chi connectivity index (χ2n) is 4.63. The zero-order chi connectivity index (χ0) is 12.3. The van der Waals surface area contributed by atoms with Crippen molar-refractivity contribution in [3.63, 3.8) is 0 Å². The van der Waals surface area contributed by atoms with Gasteiger partial charge in [0.15, 0.2) is 0 Å². The van der Waals surface area contributed by atoms with Crippen molar-refractivity contribution in [2.24, 2.45) is 0 Å². The molecule has 4 heteroatoms. The fraction of sp³-hybridized carbons (Fsp3) is 0.538. The zero-order valence-corrected chi connectivity index (χ0v) is 10.8. The molecule has 0 amide bonds. The summed E-state index contributed by atoms with van der Waals surface area (Å²) < 4.78 is 5.53. The van der Waals surface area contributed by atoms with Crippen LogP contribution in [0.25, 0.3) is 0 Å². The maximum atomic E-state index is 9.31. The minimum absolute atomic E-state index is 0.0424. The summed E-state index contributed by atoms with van der Waals surface area (Å²) in [4.78, 5) is 0. The van der Waals surface area contributed by atoms with E-state index >= 15 is 0 Å². The topological polar surface area (TPSA) is 41.5 Å². The number of hydrogen-bond donors (Lipinski definition) is 2. The molecule has 0 unspecified atom stereocenters. The van der Waals surface area contributed by atoms with Gasteiger partial charge in [0.25, 0.3) is 0 Å². The highest BCUT2D eigenvalue weighted by Gasteiger charge is 2.36. The minimum atomic E-state index is 0.0424. The van der Waals surface area contributed by atoms with Crippen LogP contribution in [0, 0.1) is 0 Å². The van der Waals surface area contributed by atoms with Gasteiger partial charge in [0, 0.05) is 20.2 Å². The van der Waals surface area contributed by atoms with Crippen LogP contribution in [0.3, 0.4) is 0 Å². The average molecular weight is 256 g/mol. The van der Waals surface area contributed by atoms with E-state index < -0.39 is 0 Å². The summed E-state index contributed by atoms with van der Waals surface area (Å²) in [6.45, 7) is 1.60. The summed E-state index contributed by atoms with van der Waals surface area (Å²) in [6.07, 6.45) is 3.51. The first-order chi connectivity index (χ1) is 8.15. The van der Waals surface area contributed by atoms with Crippen LogP contribution in [-0.2, 0) is 11.3 Å². The fourth-order valence-corrected chi connectivity index (χ4v) is 2.32. The molecule has 0 aromatic heterocycles. The number of benzene rings is 1. The van der Waals surface area contributed by atoms with Gasteiger partial charge in [-0.3, -0.25) is 0 Å². The van der Waals surface area contributed by atoms with Crippen molar-refractivity contribution >= 4 is 11.6 Å². The molecular weight excluding hydrogens is 238 g/mol. The second kappa shape index (κ2) is 5.25. The first-order valence-corrected chi connectivity index (χ1v) is 6.26. The van der Waals surface area contributed by atoms with Crippen molar-refractivity contribution in [1.29, 1.82) is 0 Å². The highest BCUT2D eigenvalue weighted by molar-refractivity contribution is 6.32. The van der Waals surface area contributed by atoms with Crippen molar-refractivity contribution in [3.8, 4) is 5.75 Å². The third kappa shape index (κ3) is 2.92. The molecule has 1 fully saturated rings. The lowest BCUT2D eigenvalue weighted by Gasteiger charge is -2.40. The molecule has 94 valence electrons. The van der Waals surface area contributed by atoms with Crippen LogP contribution in [0.2, 0.25) is 5.02 Å². The number of rotatable bonds is 5. The molecule has 17 heavy (non-hydrogen) atoms. The van der Waals surface area contributed by atoms with Gasteiger partial charge in [-0.05, 0) is 37.0 Å². The summed E-state index contributed by atoms with van der Waals surface area (Å²) >= 11 is 5.85. The van der Waals surface area contributed by atoms with Crippen molar-refractivity contribution in [2.75, 3.05) is 13.7 Å². The molecule has 0 bridgehead atoms. The van der Waals surface area contributed by atoms with Crippen LogP contribution in [0.15, 0.2) is 18.2 Å². The van der Waals surface area contributed by atoms with Crippen LogP contribution in [0.5, 0.6) is 5.75 Å². The van der Waals surface area contributed by atoms with E-state index in [0.29, 0.717) is 5.02 Å². The Morgan fingerprint density at radius 3 is 2.76 bits per heavy atom. The van der Waals surface area contributed by atoms with E-state index in [1.807, 2.05) is 6.07 Å². The molecule has 1 aliphatic carbocycles. The number of phenolic OH excluding ortho intramolecular Hbond substituents is 1. The Morgan fingerprint density at radius 1 is 1.47 bits per heavy atom. The van der Waals surface area contributed by atoms with Crippen molar-refractivity contribution in [1.82, 2.24) is 5.32 Å². The molecule has 0 aliphatic heterocycles. The Labute approximate surface area is 107 Å². The van der Waals surface area contributed by atoms with E-state index in [1.54, 1.807) is 19.2 Å². The Kier molecular flexibility index (Phi) is 3.92. The molecule has 0 spiro atoms. The quantitative estimate of drug-likeness (QED) is 0.850. The van der Waals surface area contributed by atoms with Gasteiger partial charge in [-0.2, -0.15) is 0 Å². The summed E-state index contributed by atoms with van der Waals surface area (Å²) in [5.41, 5.74) is 1.11. The van der Waals surface area contributed by atoms with E-state index in [1.165, 1.54) is 6.42 Å². The third-order valence-corrected chi connectivity index (χ3v) is 3.79. The Balaban J connectivity index is 1.83. The summed E-state index contributed by atoms with van der Waals surface area (Å²) in [5, 5.41) is 13.1. The lowest BCUT2D eigenvalue weighted by Crippen LogP contribution is -2.47. The summed E-state index contributed by atoms with van der Waals surface area (Å²) in [6, 6.07) is 5.27. The standard InChI is InChI=1S/C13H18ClNO2/c1-17-13(5-2-6-13)9-15-8-10-3-4-12(16)11(14)7-10/h3-4,7,15-16H,2,5-6,8-9H2,1H3.